The van der Waals surface area contributed by atoms with Crippen molar-refractivity contribution < 1.29 is 4.79 Å². The first kappa shape index (κ1) is 13.4. The molecule has 0 spiro atoms. The Labute approximate surface area is 129 Å². The number of carbonyl (C=O) groups excluding carboxylic acids is 1. The van der Waals surface area contributed by atoms with Gasteiger partial charge in [0.2, 0.25) is 0 Å². The highest BCUT2D eigenvalue weighted by Crippen LogP contribution is 2.20. The van der Waals surface area contributed by atoms with E-state index in [1.807, 2.05) is 24.3 Å². The van der Waals surface area contributed by atoms with Gasteiger partial charge in [0.1, 0.15) is 4.60 Å². The molecule has 0 radical (unpaired) electrons. The van der Waals surface area contributed by atoms with Crippen molar-refractivity contribution in [3.63, 3.8) is 0 Å². The summed E-state index contributed by atoms with van der Waals surface area (Å²) in [4.78, 5) is 16.3. The summed E-state index contributed by atoms with van der Waals surface area (Å²) < 4.78 is 2.21. The monoisotopic (exact) mass is 343 g/mol. The zero-order valence-electron chi connectivity index (χ0n) is 10.8. The SMILES string of the molecule is O=C(Nc1ccccc1-n1ccnn1)c1ccnc(Br)c1. The number of nitrogens with zero attached hydrogens (tertiary/aromatic N) is 4. The molecule has 104 valence electrons. The molecular weight excluding hydrogens is 334 g/mol. The second-order valence-electron chi connectivity index (χ2n) is 4.19. The van der Waals surface area contributed by atoms with Gasteiger partial charge in [-0.15, -0.1) is 5.10 Å². The second kappa shape index (κ2) is 5.84. The lowest BCUT2D eigenvalue weighted by molar-refractivity contribution is 0.102. The van der Waals surface area contributed by atoms with E-state index in [9.17, 15) is 4.79 Å². The summed E-state index contributed by atoms with van der Waals surface area (Å²) >= 11 is 3.25. The van der Waals surface area contributed by atoms with Gasteiger partial charge in [-0.1, -0.05) is 17.3 Å². The van der Waals surface area contributed by atoms with Crippen molar-refractivity contribution in [2.45, 2.75) is 0 Å². The summed E-state index contributed by atoms with van der Waals surface area (Å²) in [6, 6.07) is 10.7. The van der Waals surface area contributed by atoms with Crippen LogP contribution in [-0.4, -0.2) is 25.9 Å². The van der Waals surface area contributed by atoms with E-state index in [2.05, 4.69) is 36.5 Å². The van der Waals surface area contributed by atoms with Crippen LogP contribution in [0.15, 0.2) is 59.6 Å². The Balaban J connectivity index is 1.90. The van der Waals surface area contributed by atoms with Crippen LogP contribution in [-0.2, 0) is 0 Å². The fourth-order valence-electron chi connectivity index (χ4n) is 1.85. The Morgan fingerprint density at radius 1 is 1.19 bits per heavy atom. The molecule has 0 bridgehead atoms. The minimum Gasteiger partial charge on any atom is -0.320 e. The Bertz CT molecular complexity index is 773. The summed E-state index contributed by atoms with van der Waals surface area (Å²) in [7, 11) is 0. The van der Waals surface area contributed by atoms with E-state index in [-0.39, 0.29) is 5.91 Å². The molecule has 1 amide bonds. The van der Waals surface area contributed by atoms with Gasteiger partial charge in [-0.25, -0.2) is 9.67 Å². The smallest absolute Gasteiger partial charge is 0.255 e. The number of benzene rings is 1. The number of para-hydroxylation sites is 2. The van der Waals surface area contributed by atoms with Crippen LogP contribution in [0, 0.1) is 0 Å². The molecule has 0 saturated heterocycles. The molecule has 21 heavy (non-hydrogen) atoms. The summed E-state index contributed by atoms with van der Waals surface area (Å²) in [5.41, 5.74) is 1.92. The molecule has 0 aliphatic heterocycles. The van der Waals surface area contributed by atoms with Crippen LogP contribution in [0.2, 0.25) is 0 Å². The zero-order valence-corrected chi connectivity index (χ0v) is 12.4. The molecule has 7 heteroatoms. The van der Waals surface area contributed by atoms with Gasteiger partial charge >= 0.3 is 0 Å². The van der Waals surface area contributed by atoms with Gasteiger partial charge in [0.25, 0.3) is 5.91 Å². The third-order valence-corrected chi connectivity index (χ3v) is 3.24. The van der Waals surface area contributed by atoms with E-state index >= 15 is 0 Å². The molecule has 2 aromatic heterocycles. The molecule has 2 heterocycles. The normalized spacial score (nSPS) is 10.3. The lowest BCUT2D eigenvalue weighted by Gasteiger charge is -2.10. The van der Waals surface area contributed by atoms with Gasteiger partial charge in [0, 0.05) is 11.8 Å². The first-order valence-electron chi connectivity index (χ1n) is 6.12. The number of anilines is 1. The van der Waals surface area contributed by atoms with E-state index in [1.165, 1.54) is 0 Å². The van der Waals surface area contributed by atoms with Gasteiger partial charge in [-0.05, 0) is 40.2 Å². The summed E-state index contributed by atoms with van der Waals surface area (Å²) in [5.74, 6) is -0.217. The average Bonchev–Trinajstić information content (AvgIpc) is 3.02. The maximum atomic E-state index is 12.3. The predicted octanol–water partition coefficient (Wildman–Crippen LogP) is 2.68. The summed E-state index contributed by atoms with van der Waals surface area (Å²) in [6.07, 6.45) is 4.87. The van der Waals surface area contributed by atoms with Crippen LogP contribution in [0.5, 0.6) is 0 Å². The Hall–Kier alpha value is -2.54. The number of halogens is 1. The lowest BCUT2D eigenvalue weighted by Crippen LogP contribution is -2.14. The number of hydrogen-bond donors (Lipinski definition) is 1. The van der Waals surface area contributed by atoms with Crippen molar-refractivity contribution >= 4 is 27.5 Å². The van der Waals surface area contributed by atoms with E-state index in [0.717, 1.165) is 5.69 Å². The lowest BCUT2D eigenvalue weighted by atomic mass is 10.2. The predicted molar refractivity (Wildman–Crippen MR) is 81.2 cm³/mol. The molecule has 0 saturated carbocycles. The van der Waals surface area contributed by atoms with E-state index in [4.69, 9.17) is 0 Å². The van der Waals surface area contributed by atoms with Gasteiger partial charge in [-0.3, -0.25) is 4.79 Å². The summed E-state index contributed by atoms with van der Waals surface area (Å²) in [6.45, 7) is 0. The second-order valence-corrected chi connectivity index (χ2v) is 5.00. The fraction of sp³-hybridized carbons (Fsp3) is 0. The molecule has 3 rings (SSSR count). The Morgan fingerprint density at radius 3 is 2.81 bits per heavy atom. The molecule has 0 atom stereocenters. The topological polar surface area (TPSA) is 72.7 Å². The van der Waals surface area contributed by atoms with E-state index in [0.29, 0.717) is 15.9 Å². The van der Waals surface area contributed by atoms with Crippen LogP contribution < -0.4 is 5.32 Å². The third kappa shape index (κ3) is 2.97. The van der Waals surface area contributed by atoms with Crippen LogP contribution in [0.3, 0.4) is 0 Å². The molecule has 1 N–H and O–H groups in total. The molecule has 6 nitrogen and oxygen atoms in total. The molecule has 0 fully saturated rings. The quantitative estimate of drug-likeness (QED) is 0.742. The molecule has 0 unspecified atom stereocenters. The van der Waals surface area contributed by atoms with Crippen molar-refractivity contribution in [3.05, 3.63) is 65.2 Å². The van der Waals surface area contributed by atoms with Gasteiger partial charge in [-0.2, -0.15) is 0 Å². The highest BCUT2D eigenvalue weighted by Gasteiger charge is 2.10. The highest BCUT2D eigenvalue weighted by molar-refractivity contribution is 9.10. The first-order valence-corrected chi connectivity index (χ1v) is 6.92. The molecule has 0 aliphatic carbocycles. The zero-order chi connectivity index (χ0) is 14.7. The number of amides is 1. The third-order valence-electron chi connectivity index (χ3n) is 2.81. The number of hydrogen-bond acceptors (Lipinski definition) is 4. The van der Waals surface area contributed by atoms with Crippen molar-refractivity contribution in [3.8, 4) is 5.69 Å². The van der Waals surface area contributed by atoms with Crippen LogP contribution in [0.1, 0.15) is 10.4 Å². The molecule has 3 aromatic rings. The number of carbonyl (C=O) groups is 1. The molecule has 1 aromatic carbocycles. The van der Waals surface area contributed by atoms with Crippen molar-refractivity contribution in [1.29, 1.82) is 0 Å². The van der Waals surface area contributed by atoms with Crippen molar-refractivity contribution in [2.24, 2.45) is 0 Å². The number of rotatable bonds is 3. The standard InChI is InChI=1S/C14H10BrN5O/c15-13-9-10(5-6-16-13)14(21)18-11-3-1-2-4-12(11)20-8-7-17-19-20/h1-9H,(H,18,21). The average molecular weight is 344 g/mol. The first-order chi connectivity index (χ1) is 10.2. The maximum absolute atomic E-state index is 12.3. The van der Waals surface area contributed by atoms with E-state index < -0.39 is 0 Å². The van der Waals surface area contributed by atoms with Gasteiger partial charge < -0.3 is 5.32 Å². The van der Waals surface area contributed by atoms with Gasteiger partial charge in [0.15, 0.2) is 0 Å². The molecular formula is C14H10BrN5O. The number of pyridine rings is 1. The minimum atomic E-state index is -0.217. The van der Waals surface area contributed by atoms with Crippen LogP contribution in [0.4, 0.5) is 5.69 Å². The van der Waals surface area contributed by atoms with Crippen LogP contribution >= 0.6 is 15.9 Å². The fourth-order valence-corrected chi connectivity index (χ4v) is 2.22. The number of aromatic nitrogens is 4. The van der Waals surface area contributed by atoms with Crippen LogP contribution in [0.25, 0.3) is 5.69 Å². The van der Waals surface area contributed by atoms with Crippen molar-refractivity contribution in [1.82, 2.24) is 20.0 Å². The van der Waals surface area contributed by atoms with E-state index in [1.54, 1.807) is 35.4 Å². The maximum Gasteiger partial charge on any atom is 0.255 e. The summed E-state index contributed by atoms with van der Waals surface area (Å²) in [5, 5.41) is 10.6. The Kier molecular flexibility index (Phi) is 3.74. The number of nitrogens with one attached hydrogen (secondary N) is 1. The highest BCUT2D eigenvalue weighted by atomic mass is 79.9. The van der Waals surface area contributed by atoms with Gasteiger partial charge in [0.05, 0.1) is 23.8 Å². The molecule has 0 aliphatic rings. The largest absolute Gasteiger partial charge is 0.320 e. The Morgan fingerprint density at radius 2 is 2.05 bits per heavy atom. The van der Waals surface area contributed by atoms with Crippen molar-refractivity contribution in [2.75, 3.05) is 5.32 Å². The minimum absolute atomic E-state index is 0.217.